The summed E-state index contributed by atoms with van der Waals surface area (Å²) in [5, 5.41) is 10.6. The Labute approximate surface area is 157 Å². The minimum absolute atomic E-state index is 0.108. The minimum Gasteiger partial charge on any atom is -0.504 e. The van der Waals surface area contributed by atoms with Crippen LogP contribution in [0.4, 0.5) is 0 Å². The van der Waals surface area contributed by atoms with E-state index in [0.717, 1.165) is 18.4 Å². The van der Waals surface area contributed by atoms with Crippen LogP contribution in [0, 0.1) is 0 Å². The summed E-state index contributed by atoms with van der Waals surface area (Å²) in [5.41, 5.74) is 1.71. The second-order valence-corrected chi connectivity index (χ2v) is 6.50. The first-order valence-electron chi connectivity index (χ1n) is 8.68. The molecule has 0 amide bonds. The highest BCUT2D eigenvalue weighted by Gasteiger charge is 2.16. The third kappa shape index (κ3) is 5.74. The maximum Gasteiger partial charge on any atom is 0.383 e. The smallest absolute Gasteiger partial charge is 0.383 e. The van der Waals surface area contributed by atoms with Crippen molar-refractivity contribution in [1.82, 2.24) is 0 Å². The van der Waals surface area contributed by atoms with Gasteiger partial charge in [-0.2, -0.15) is 0 Å². The summed E-state index contributed by atoms with van der Waals surface area (Å²) in [7, 11) is 0. The Hall–Kier alpha value is -3.02. The van der Waals surface area contributed by atoms with E-state index >= 15 is 0 Å². The molecule has 0 aliphatic heterocycles. The average molecular weight is 372 g/mol. The molecule has 0 atom stereocenters. The summed E-state index contributed by atoms with van der Waals surface area (Å²) in [6.07, 6.45) is 5.86. The van der Waals surface area contributed by atoms with E-state index < -0.39 is 11.6 Å². The van der Waals surface area contributed by atoms with E-state index in [2.05, 4.69) is 19.9 Å². The van der Waals surface area contributed by atoms with Crippen molar-refractivity contribution in [2.75, 3.05) is 6.61 Å². The molecule has 27 heavy (non-hydrogen) atoms. The van der Waals surface area contributed by atoms with Gasteiger partial charge in [-0.25, -0.2) is 4.79 Å². The largest absolute Gasteiger partial charge is 0.504 e. The molecule has 0 radical (unpaired) electrons. The van der Waals surface area contributed by atoms with Crippen molar-refractivity contribution in [3.05, 3.63) is 51.9 Å². The molecular weight excluding hydrogens is 348 g/mol. The van der Waals surface area contributed by atoms with Gasteiger partial charge in [-0.1, -0.05) is 17.2 Å². The van der Waals surface area contributed by atoms with Gasteiger partial charge in [0.25, 0.3) is 0 Å². The Morgan fingerprint density at radius 3 is 2.59 bits per heavy atom. The highest BCUT2D eigenvalue weighted by molar-refractivity contribution is 5.86. The summed E-state index contributed by atoms with van der Waals surface area (Å²) in [4.78, 5) is 23.1. The van der Waals surface area contributed by atoms with Crippen LogP contribution >= 0.6 is 0 Å². The van der Waals surface area contributed by atoms with Gasteiger partial charge in [0.05, 0.1) is 5.39 Å². The zero-order valence-electron chi connectivity index (χ0n) is 16.0. The molecule has 1 heterocycles. The molecule has 6 nitrogen and oxygen atoms in total. The molecule has 0 fully saturated rings. The van der Waals surface area contributed by atoms with Crippen LogP contribution in [0.5, 0.6) is 17.2 Å². The molecule has 2 aromatic rings. The molecule has 0 saturated heterocycles. The number of benzene rings is 1. The summed E-state index contributed by atoms with van der Waals surface area (Å²) in [6, 6.07) is 4.37. The summed E-state index contributed by atoms with van der Waals surface area (Å²) >= 11 is 0. The third-order valence-electron chi connectivity index (χ3n) is 3.82. The predicted molar refractivity (Wildman–Crippen MR) is 103 cm³/mol. The average Bonchev–Trinajstić information content (AvgIpc) is 2.56. The molecule has 1 aromatic carbocycles. The minimum atomic E-state index is -0.796. The van der Waals surface area contributed by atoms with Crippen LogP contribution in [0.2, 0.25) is 0 Å². The van der Waals surface area contributed by atoms with E-state index in [0.29, 0.717) is 5.39 Å². The zero-order chi connectivity index (χ0) is 20.0. The number of hydrogen-bond donors (Lipinski definition) is 1. The van der Waals surface area contributed by atoms with E-state index in [-0.39, 0.29) is 29.4 Å². The molecule has 0 aliphatic rings. The van der Waals surface area contributed by atoms with Crippen molar-refractivity contribution < 1.29 is 23.8 Å². The van der Waals surface area contributed by atoms with Crippen LogP contribution in [-0.4, -0.2) is 17.7 Å². The fraction of sp³-hybridized carbons (Fsp3) is 0.333. The van der Waals surface area contributed by atoms with Crippen LogP contribution in [-0.2, 0) is 4.79 Å². The number of carbonyl (C=O) groups is 1. The van der Waals surface area contributed by atoms with Crippen LogP contribution < -0.4 is 15.1 Å². The highest BCUT2D eigenvalue weighted by Crippen LogP contribution is 2.33. The number of carbonyl (C=O) groups excluding carboxylic acids is 1. The number of hydrogen-bond acceptors (Lipinski definition) is 6. The molecular formula is C21H24O6. The van der Waals surface area contributed by atoms with E-state index in [1.54, 1.807) is 0 Å². The van der Waals surface area contributed by atoms with Gasteiger partial charge in [-0.3, -0.25) is 4.79 Å². The van der Waals surface area contributed by atoms with Gasteiger partial charge in [0.1, 0.15) is 17.9 Å². The fourth-order valence-corrected chi connectivity index (χ4v) is 2.46. The molecule has 144 valence electrons. The van der Waals surface area contributed by atoms with Gasteiger partial charge in [0.15, 0.2) is 5.75 Å². The molecule has 0 bridgehead atoms. The first-order chi connectivity index (χ1) is 12.8. The first-order valence-corrected chi connectivity index (χ1v) is 8.68. The summed E-state index contributed by atoms with van der Waals surface area (Å²) in [6.45, 7) is 7.51. The molecule has 2 rings (SSSR count). The molecule has 0 saturated carbocycles. The maximum atomic E-state index is 12.1. The Morgan fingerprint density at radius 1 is 1.19 bits per heavy atom. The normalized spacial score (nSPS) is 11.3. The first kappa shape index (κ1) is 20.3. The van der Waals surface area contributed by atoms with Gasteiger partial charge in [0.2, 0.25) is 5.75 Å². The van der Waals surface area contributed by atoms with Crippen molar-refractivity contribution >= 4 is 16.9 Å². The van der Waals surface area contributed by atoms with E-state index in [1.807, 2.05) is 13.0 Å². The lowest BCUT2D eigenvalue weighted by Crippen LogP contribution is -2.08. The maximum absolute atomic E-state index is 12.1. The number of allylic oxidation sites excluding steroid dienone is 3. The van der Waals surface area contributed by atoms with Crippen molar-refractivity contribution in [3.63, 3.8) is 0 Å². The molecule has 0 aliphatic carbocycles. The number of ether oxygens (including phenoxy) is 2. The van der Waals surface area contributed by atoms with Crippen molar-refractivity contribution in [2.45, 2.75) is 40.5 Å². The second kappa shape index (κ2) is 9.07. The van der Waals surface area contributed by atoms with E-state index in [4.69, 9.17) is 13.9 Å². The van der Waals surface area contributed by atoms with Crippen molar-refractivity contribution in [2.24, 2.45) is 0 Å². The lowest BCUT2D eigenvalue weighted by Gasteiger charge is -2.08. The second-order valence-electron chi connectivity index (χ2n) is 6.50. The fourth-order valence-electron chi connectivity index (χ4n) is 2.46. The predicted octanol–water partition coefficient (Wildman–Crippen LogP) is 4.50. The summed E-state index contributed by atoms with van der Waals surface area (Å²) in [5.74, 6) is -0.809. The SMILES string of the molecule is CC(=O)Oc1ccc2c(O)c(OC/C=C(\C)CCC=C(C)C)c(=O)oc2c1. The van der Waals surface area contributed by atoms with Crippen LogP contribution in [0.3, 0.4) is 0 Å². The Morgan fingerprint density at radius 2 is 1.93 bits per heavy atom. The Balaban J connectivity index is 2.15. The van der Waals surface area contributed by atoms with Gasteiger partial charge in [0, 0.05) is 13.0 Å². The molecule has 1 N–H and O–H groups in total. The van der Waals surface area contributed by atoms with Gasteiger partial charge < -0.3 is 19.0 Å². The van der Waals surface area contributed by atoms with Crippen LogP contribution in [0.1, 0.15) is 40.5 Å². The van der Waals surface area contributed by atoms with E-state index in [1.165, 1.54) is 30.7 Å². The Bertz CT molecular complexity index is 945. The number of rotatable bonds is 7. The zero-order valence-corrected chi connectivity index (χ0v) is 16.0. The number of fused-ring (bicyclic) bond motifs is 1. The molecule has 6 heteroatoms. The highest BCUT2D eigenvalue weighted by atomic mass is 16.5. The molecule has 0 spiro atoms. The van der Waals surface area contributed by atoms with Crippen LogP contribution in [0.15, 0.2) is 50.7 Å². The summed E-state index contributed by atoms with van der Waals surface area (Å²) < 4.78 is 15.6. The monoisotopic (exact) mass is 372 g/mol. The van der Waals surface area contributed by atoms with Gasteiger partial charge >= 0.3 is 11.6 Å². The van der Waals surface area contributed by atoms with Gasteiger partial charge in [-0.05, 0) is 51.8 Å². The number of esters is 1. The third-order valence-corrected chi connectivity index (χ3v) is 3.82. The molecule has 0 unspecified atom stereocenters. The van der Waals surface area contributed by atoms with E-state index in [9.17, 15) is 14.7 Å². The lowest BCUT2D eigenvalue weighted by molar-refractivity contribution is -0.131. The number of aromatic hydroxyl groups is 1. The van der Waals surface area contributed by atoms with Crippen molar-refractivity contribution in [1.29, 1.82) is 0 Å². The van der Waals surface area contributed by atoms with Crippen LogP contribution in [0.25, 0.3) is 11.0 Å². The van der Waals surface area contributed by atoms with Crippen molar-refractivity contribution in [3.8, 4) is 17.2 Å². The quantitative estimate of drug-likeness (QED) is 0.333. The topological polar surface area (TPSA) is 86.0 Å². The standard InChI is InChI=1S/C21H24O6/c1-13(2)6-5-7-14(3)10-11-25-20-19(23)17-9-8-16(26-15(4)22)12-18(17)27-21(20)24/h6,8-10,12,23H,5,7,11H2,1-4H3/b14-10+. The molecule has 1 aromatic heterocycles. The van der Waals surface area contributed by atoms with Gasteiger partial charge in [-0.15, -0.1) is 0 Å². The lowest BCUT2D eigenvalue weighted by atomic mass is 10.1. The Kier molecular flexibility index (Phi) is 6.82.